The summed E-state index contributed by atoms with van der Waals surface area (Å²) < 4.78 is 45.6. The van der Waals surface area contributed by atoms with Gasteiger partial charge < -0.3 is 0 Å². The molecular weight excluding hydrogens is 176 g/mol. The van der Waals surface area contributed by atoms with Crippen LogP contribution in [0, 0.1) is 5.41 Å². The van der Waals surface area contributed by atoms with Crippen LogP contribution >= 0.6 is 0 Å². The molecule has 1 unspecified atom stereocenters. The minimum Gasteiger partial charge on any atom is -0.229 e. The maximum atomic E-state index is 12.4. The van der Waals surface area contributed by atoms with Gasteiger partial charge in [-0.2, -0.15) is 0 Å². The van der Waals surface area contributed by atoms with Gasteiger partial charge in [-0.15, -0.1) is 0 Å². The first kappa shape index (κ1) is 8.86. The van der Waals surface area contributed by atoms with E-state index >= 15 is 0 Å². The second-order valence-corrected chi connectivity index (χ2v) is 4.86. The first-order valence-corrected chi connectivity index (χ1v) is 4.76. The van der Waals surface area contributed by atoms with E-state index in [-0.39, 0.29) is 6.42 Å². The molecule has 0 saturated heterocycles. The van der Waals surface area contributed by atoms with E-state index in [4.69, 9.17) is 0 Å². The third kappa shape index (κ3) is 1.67. The van der Waals surface area contributed by atoms with E-state index in [2.05, 4.69) is 5.14 Å². The van der Waals surface area contributed by atoms with E-state index in [1.807, 2.05) is 0 Å². The molecule has 0 bridgehead atoms. The van der Waals surface area contributed by atoms with Gasteiger partial charge in [0.2, 0.25) is 10.0 Å². The molecule has 2 N–H and O–H groups in total. The SMILES string of the molecule is CC1(CS(N)(=O)=O)CC1(F)F. The monoisotopic (exact) mass is 185 g/mol. The van der Waals surface area contributed by atoms with Crippen molar-refractivity contribution in [3.8, 4) is 0 Å². The van der Waals surface area contributed by atoms with Crippen molar-refractivity contribution in [3.63, 3.8) is 0 Å². The summed E-state index contributed by atoms with van der Waals surface area (Å²) in [4.78, 5) is 0. The van der Waals surface area contributed by atoms with Crippen LogP contribution in [0.2, 0.25) is 0 Å². The molecule has 1 rings (SSSR count). The fourth-order valence-corrected chi connectivity index (χ4v) is 2.25. The highest BCUT2D eigenvalue weighted by atomic mass is 32.2. The summed E-state index contributed by atoms with van der Waals surface area (Å²) in [6.07, 6.45) is -0.379. The van der Waals surface area contributed by atoms with Crippen molar-refractivity contribution in [2.24, 2.45) is 10.6 Å². The van der Waals surface area contributed by atoms with Crippen LogP contribution in [0.5, 0.6) is 0 Å². The molecule has 0 aromatic carbocycles. The van der Waals surface area contributed by atoms with Gasteiger partial charge in [0.05, 0.1) is 11.2 Å². The first-order chi connectivity index (χ1) is 4.66. The minimum absolute atomic E-state index is 0.379. The van der Waals surface area contributed by atoms with Crippen molar-refractivity contribution in [2.45, 2.75) is 19.3 Å². The standard InChI is InChI=1S/C5H9F2NO2S/c1-4(2-5(4,6)7)3-11(8,9)10/h2-3H2,1H3,(H2,8,9,10). The third-order valence-corrected chi connectivity index (χ3v) is 2.93. The van der Waals surface area contributed by atoms with E-state index < -0.39 is 27.1 Å². The fourth-order valence-electron chi connectivity index (χ4n) is 1.05. The van der Waals surface area contributed by atoms with Crippen LogP contribution in [-0.4, -0.2) is 20.1 Å². The summed E-state index contributed by atoms with van der Waals surface area (Å²) in [6, 6.07) is 0. The third-order valence-electron chi connectivity index (χ3n) is 1.89. The zero-order valence-corrected chi connectivity index (χ0v) is 6.79. The molecule has 11 heavy (non-hydrogen) atoms. The molecule has 0 amide bonds. The lowest BCUT2D eigenvalue weighted by Gasteiger charge is -2.06. The predicted octanol–water partition coefficient (Wildman–Crippen LogP) is 0.320. The average Bonchev–Trinajstić information content (AvgIpc) is 1.96. The lowest BCUT2D eigenvalue weighted by atomic mass is 10.2. The minimum atomic E-state index is -3.77. The summed E-state index contributed by atoms with van der Waals surface area (Å²) in [5.74, 6) is -3.48. The predicted molar refractivity (Wildman–Crippen MR) is 35.6 cm³/mol. The normalized spacial score (nSPS) is 35.3. The van der Waals surface area contributed by atoms with Gasteiger partial charge in [-0.25, -0.2) is 22.3 Å². The Morgan fingerprint density at radius 2 is 1.91 bits per heavy atom. The van der Waals surface area contributed by atoms with Crippen molar-refractivity contribution in [1.82, 2.24) is 0 Å². The summed E-state index contributed by atoms with van der Waals surface area (Å²) in [5.41, 5.74) is -1.42. The topological polar surface area (TPSA) is 60.2 Å². The number of rotatable bonds is 2. The van der Waals surface area contributed by atoms with Crippen LogP contribution in [0.3, 0.4) is 0 Å². The van der Waals surface area contributed by atoms with E-state index in [9.17, 15) is 17.2 Å². The number of sulfonamides is 1. The van der Waals surface area contributed by atoms with Crippen LogP contribution in [-0.2, 0) is 10.0 Å². The number of halogens is 2. The van der Waals surface area contributed by atoms with E-state index in [0.717, 1.165) is 0 Å². The van der Waals surface area contributed by atoms with Crippen LogP contribution in [0.1, 0.15) is 13.3 Å². The van der Waals surface area contributed by atoms with Crippen molar-refractivity contribution in [3.05, 3.63) is 0 Å². The molecule has 1 fully saturated rings. The summed E-state index contributed by atoms with van der Waals surface area (Å²) in [6.45, 7) is 1.22. The molecule has 1 atom stereocenters. The molecule has 6 heteroatoms. The van der Waals surface area contributed by atoms with E-state index in [0.29, 0.717) is 0 Å². The highest BCUT2D eigenvalue weighted by molar-refractivity contribution is 7.89. The zero-order valence-electron chi connectivity index (χ0n) is 5.97. The number of primary sulfonamides is 1. The lowest BCUT2D eigenvalue weighted by Crippen LogP contribution is -2.25. The molecule has 1 saturated carbocycles. The highest BCUT2D eigenvalue weighted by Gasteiger charge is 2.68. The van der Waals surface area contributed by atoms with E-state index in [1.165, 1.54) is 6.92 Å². The Labute approximate surface area is 63.6 Å². The molecule has 0 spiro atoms. The van der Waals surface area contributed by atoms with Gasteiger partial charge in [-0.3, -0.25) is 0 Å². The smallest absolute Gasteiger partial charge is 0.229 e. The number of hydrogen-bond donors (Lipinski definition) is 1. The Kier molecular flexibility index (Phi) is 1.55. The van der Waals surface area contributed by atoms with Crippen molar-refractivity contribution < 1.29 is 17.2 Å². The fraction of sp³-hybridized carbons (Fsp3) is 1.00. The molecule has 0 heterocycles. The van der Waals surface area contributed by atoms with E-state index in [1.54, 1.807) is 0 Å². The molecule has 1 aliphatic carbocycles. The van der Waals surface area contributed by atoms with Crippen LogP contribution in [0.15, 0.2) is 0 Å². The van der Waals surface area contributed by atoms with Crippen LogP contribution in [0.25, 0.3) is 0 Å². The summed E-state index contributed by atoms with van der Waals surface area (Å²) >= 11 is 0. The molecular formula is C5H9F2NO2S. The van der Waals surface area contributed by atoms with Crippen LogP contribution in [0.4, 0.5) is 8.78 Å². The quantitative estimate of drug-likeness (QED) is 0.673. The lowest BCUT2D eigenvalue weighted by molar-refractivity contribution is 0.0770. The second kappa shape index (κ2) is 1.92. The molecule has 66 valence electrons. The van der Waals surface area contributed by atoms with Gasteiger partial charge in [-0.1, -0.05) is 6.92 Å². The Morgan fingerprint density at radius 1 is 1.55 bits per heavy atom. The van der Waals surface area contributed by atoms with Gasteiger partial charge in [0.25, 0.3) is 5.92 Å². The number of alkyl halides is 2. The van der Waals surface area contributed by atoms with Crippen LogP contribution < -0.4 is 5.14 Å². The molecule has 0 aromatic heterocycles. The molecule has 0 aromatic rings. The Morgan fingerprint density at radius 3 is 2.00 bits per heavy atom. The van der Waals surface area contributed by atoms with Gasteiger partial charge in [0, 0.05) is 6.42 Å². The van der Waals surface area contributed by atoms with Gasteiger partial charge >= 0.3 is 0 Å². The molecule has 3 nitrogen and oxygen atoms in total. The average molecular weight is 185 g/mol. The summed E-state index contributed by atoms with van der Waals surface area (Å²) in [5, 5.41) is 4.62. The zero-order chi connectivity index (χ0) is 8.91. The van der Waals surface area contributed by atoms with Crippen molar-refractivity contribution in [2.75, 3.05) is 5.75 Å². The van der Waals surface area contributed by atoms with Gasteiger partial charge in [-0.05, 0) is 0 Å². The van der Waals surface area contributed by atoms with Crippen molar-refractivity contribution >= 4 is 10.0 Å². The largest absolute Gasteiger partial charge is 0.255 e. The molecule has 0 aliphatic heterocycles. The molecule has 1 aliphatic rings. The number of nitrogens with two attached hydrogens (primary N) is 1. The Hall–Kier alpha value is -0.230. The highest BCUT2D eigenvalue weighted by Crippen LogP contribution is 2.60. The van der Waals surface area contributed by atoms with Gasteiger partial charge in [0.15, 0.2) is 0 Å². The van der Waals surface area contributed by atoms with Gasteiger partial charge in [0.1, 0.15) is 0 Å². The van der Waals surface area contributed by atoms with Crippen molar-refractivity contribution in [1.29, 1.82) is 0 Å². The molecule has 0 radical (unpaired) electrons. The second-order valence-electron chi connectivity index (χ2n) is 3.25. The maximum Gasteiger partial charge on any atom is 0.255 e. The summed E-state index contributed by atoms with van der Waals surface area (Å²) in [7, 11) is -3.77. The first-order valence-electron chi connectivity index (χ1n) is 3.05. The number of hydrogen-bond acceptors (Lipinski definition) is 2. The Bertz CT molecular complexity index is 274. The maximum absolute atomic E-state index is 12.4. The Balaban J connectivity index is 2.68.